The van der Waals surface area contributed by atoms with E-state index in [4.69, 9.17) is 9.10 Å². The first-order valence-corrected chi connectivity index (χ1v) is 13.1. The molecule has 0 saturated heterocycles. The minimum absolute atomic E-state index is 0. The Labute approximate surface area is 253 Å². The molecule has 3 heterocycles. The maximum Gasteiger partial charge on any atom is 0.188 e. The van der Waals surface area contributed by atoms with Crippen LogP contribution in [0.1, 0.15) is 34.7 Å². The molecule has 0 saturated carbocycles. The number of hydrogen-bond donors (Lipinski definition) is 0. The van der Waals surface area contributed by atoms with E-state index < -0.39 is 12.4 Å². The van der Waals surface area contributed by atoms with Crippen molar-refractivity contribution in [2.45, 2.75) is 26.2 Å². The molecule has 0 bridgehead atoms. The van der Waals surface area contributed by atoms with E-state index >= 15 is 0 Å². The molecule has 0 N–H and O–H groups in total. The number of aromatic nitrogens is 4. The van der Waals surface area contributed by atoms with Crippen molar-refractivity contribution in [3.63, 3.8) is 0 Å². The van der Waals surface area contributed by atoms with Crippen LogP contribution in [0.15, 0.2) is 104 Å². The average Bonchev–Trinajstić information content (AvgIpc) is 3.54. The smallest absolute Gasteiger partial charge is 0.188 e. The van der Waals surface area contributed by atoms with Gasteiger partial charge < -0.3 is 4.57 Å². The van der Waals surface area contributed by atoms with E-state index in [0.717, 1.165) is 55.5 Å². The number of hydrogen-bond acceptors (Lipinski definition) is 1. The summed E-state index contributed by atoms with van der Waals surface area (Å²) in [4.78, 5) is 4.71. The summed E-state index contributed by atoms with van der Waals surface area (Å²) in [5.74, 6) is 0.864. The number of benzene rings is 4. The quantitative estimate of drug-likeness (QED) is 0.171. The molecule has 5 heteroatoms. The van der Waals surface area contributed by atoms with Crippen molar-refractivity contribution in [3.8, 4) is 11.5 Å². The van der Waals surface area contributed by atoms with Gasteiger partial charge in [-0.25, -0.2) is 14.1 Å². The van der Waals surface area contributed by atoms with Crippen LogP contribution in [-0.2, 0) is 33.5 Å². The van der Waals surface area contributed by atoms with Crippen LogP contribution in [0.5, 0.6) is 0 Å². The Morgan fingerprint density at radius 3 is 2.35 bits per heavy atom. The molecule has 0 spiro atoms. The molecule has 3 aromatic heterocycles. The molecule has 200 valence electrons. The third-order valence-electron chi connectivity index (χ3n) is 7.73. The van der Waals surface area contributed by atoms with Gasteiger partial charge in [-0.05, 0) is 53.6 Å². The normalized spacial score (nSPS) is 13.2. The Morgan fingerprint density at radius 2 is 1.55 bits per heavy atom. The van der Waals surface area contributed by atoms with Gasteiger partial charge in [0.1, 0.15) is 5.82 Å². The van der Waals surface area contributed by atoms with Crippen molar-refractivity contribution >= 4 is 32.8 Å². The van der Waals surface area contributed by atoms with E-state index in [2.05, 4.69) is 86.0 Å². The molecule has 40 heavy (non-hydrogen) atoms. The van der Waals surface area contributed by atoms with Crippen LogP contribution in [0.3, 0.4) is 0 Å². The first kappa shape index (κ1) is 22.8. The van der Waals surface area contributed by atoms with E-state index in [0.29, 0.717) is 5.52 Å². The number of rotatable bonds is 4. The van der Waals surface area contributed by atoms with Gasteiger partial charge in [0.2, 0.25) is 0 Å². The molecule has 4 nitrogen and oxygen atoms in total. The van der Waals surface area contributed by atoms with Gasteiger partial charge in [-0.3, -0.25) is 0 Å². The van der Waals surface area contributed by atoms with Gasteiger partial charge in [0, 0.05) is 61.7 Å². The summed E-state index contributed by atoms with van der Waals surface area (Å²) in [5, 5.41) is 2.28. The van der Waals surface area contributed by atoms with Crippen molar-refractivity contribution in [1.29, 1.82) is 0 Å². The fourth-order valence-corrected chi connectivity index (χ4v) is 5.55. The molecule has 0 amide bonds. The minimum Gasteiger partial charge on any atom is -0.319 e. The van der Waals surface area contributed by atoms with Crippen LogP contribution < -0.4 is 0 Å². The predicted molar refractivity (Wildman–Crippen MR) is 160 cm³/mol. The Balaban J connectivity index is 0.00000329. The molecule has 7 aromatic rings. The van der Waals surface area contributed by atoms with Gasteiger partial charge in [0.15, 0.2) is 17.4 Å². The molecule has 0 aliphatic carbocycles. The van der Waals surface area contributed by atoms with Crippen LogP contribution in [0.25, 0.3) is 44.3 Å². The average molecular weight is 704 g/mol. The van der Waals surface area contributed by atoms with Gasteiger partial charge in [-0.1, -0.05) is 37.6 Å². The van der Waals surface area contributed by atoms with Crippen molar-refractivity contribution in [2.75, 3.05) is 0 Å². The largest absolute Gasteiger partial charge is 0.319 e. The van der Waals surface area contributed by atoms with Crippen molar-refractivity contribution in [1.82, 2.24) is 18.7 Å². The number of para-hydroxylation sites is 3. The van der Waals surface area contributed by atoms with Gasteiger partial charge >= 0.3 is 0 Å². The monoisotopic (exact) mass is 703 g/mol. The van der Waals surface area contributed by atoms with E-state index in [9.17, 15) is 0 Å². The number of pyridine rings is 1. The minimum atomic E-state index is -2.29. The van der Waals surface area contributed by atoms with Crippen LogP contribution >= 0.6 is 0 Å². The molecule has 0 unspecified atom stereocenters. The molecule has 4 aromatic carbocycles. The van der Waals surface area contributed by atoms with E-state index in [1.807, 2.05) is 53.2 Å². The molecule has 0 atom stereocenters. The van der Waals surface area contributed by atoms with Crippen LogP contribution in [-0.4, -0.2) is 18.7 Å². The number of nitrogens with zero attached hydrogens (tertiary/aromatic N) is 4. The van der Waals surface area contributed by atoms with Crippen molar-refractivity contribution in [3.05, 3.63) is 132 Å². The maximum absolute atomic E-state index is 8.04. The Kier molecular flexibility index (Phi) is 5.62. The van der Waals surface area contributed by atoms with Crippen molar-refractivity contribution < 1.29 is 25.2 Å². The summed E-state index contributed by atoms with van der Waals surface area (Å²) in [6.45, 7) is 4.13. The molecule has 7 rings (SSSR count). The van der Waals surface area contributed by atoms with Crippen LogP contribution in [0, 0.1) is 19.1 Å². The van der Waals surface area contributed by atoms with Crippen LogP contribution in [0.4, 0.5) is 0 Å². The summed E-state index contributed by atoms with van der Waals surface area (Å²) in [6.07, 6.45) is 3.49. The fourth-order valence-electron chi connectivity index (χ4n) is 5.55. The molecule has 0 fully saturated rings. The summed E-state index contributed by atoms with van der Waals surface area (Å²) in [7, 11) is 0. The molecular formula is C35H29N4Pt-. The van der Waals surface area contributed by atoms with E-state index in [-0.39, 0.29) is 21.1 Å². The molecule has 0 aliphatic heterocycles. The number of aryl methyl sites for hydroxylation is 2. The predicted octanol–water partition coefficient (Wildman–Crippen LogP) is 7.97. The summed E-state index contributed by atoms with van der Waals surface area (Å²) < 4.78 is 29.6. The third kappa shape index (κ3) is 4.10. The SMILES string of the molecule is [2H]C([2H])([2H])n1[cH+]n(-c2[c-]c(C(C)(C)c3[c-]c4c(cc3)c3ccccc3n4-c3cc(C)ccn3)ccc2)c2ccccc21.[Pt]. The molecular weight excluding hydrogens is 671 g/mol. The van der Waals surface area contributed by atoms with E-state index in [1.165, 1.54) is 4.57 Å². The second kappa shape index (κ2) is 9.87. The maximum atomic E-state index is 8.04. The second-order valence-corrected chi connectivity index (χ2v) is 10.6. The first-order chi connectivity index (χ1) is 20.1. The van der Waals surface area contributed by atoms with E-state index in [1.54, 1.807) is 6.33 Å². The van der Waals surface area contributed by atoms with Gasteiger partial charge in [0.05, 0.1) is 0 Å². The zero-order chi connectivity index (χ0) is 29.2. The van der Waals surface area contributed by atoms with Gasteiger partial charge in [0.25, 0.3) is 0 Å². The Bertz CT molecular complexity index is 2140. The van der Waals surface area contributed by atoms with Gasteiger partial charge in [-0.2, -0.15) is 35.9 Å². The molecule has 0 radical (unpaired) electrons. The summed E-state index contributed by atoms with van der Waals surface area (Å²) in [5.41, 5.74) is 6.99. The zero-order valence-electron chi connectivity index (χ0n) is 25.4. The first-order valence-electron chi connectivity index (χ1n) is 14.6. The topological polar surface area (TPSA) is 27.7 Å². The van der Waals surface area contributed by atoms with Crippen molar-refractivity contribution in [2.24, 2.45) is 6.98 Å². The Hall–Kier alpha value is -4.01. The summed E-state index contributed by atoms with van der Waals surface area (Å²) in [6, 6.07) is 37.8. The number of fused-ring (bicyclic) bond motifs is 4. The summed E-state index contributed by atoms with van der Waals surface area (Å²) >= 11 is 0. The van der Waals surface area contributed by atoms with Gasteiger partial charge in [-0.15, -0.1) is 23.1 Å². The second-order valence-electron chi connectivity index (χ2n) is 10.6. The Morgan fingerprint density at radius 1 is 0.800 bits per heavy atom. The molecule has 0 aliphatic rings. The standard InChI is InChI=1S/C35H29N4.Pt/c1-24-18-19-36-34(20-24)39-30-13-6-5-12-28(30)29-17-16-26(22-33(29)39)35(2,3)25-10-9-11-27(21-25)38-23-37(4)31-14-7-8-15-32(31)38;/h5-20,23H,1-4H3;/q-1;/i4D3;. The van der Waals surface area contributed by atoms with Crippen LogP contribution in [0.2, 0.25) is 0 Å². The zero-order valence-corrected chi connectivity index (χ0v) is 24.7. The third-order valence-corrected chi connectivity index (χ3v) is 7.73. The number of imidazole rings is 1. The fraction of sp³-hybridized carbons (Fsp3) is 0.143.